The lowest BCUT2D eigenvalue weighted by Gasteiger charge is -2.09. The topological polar surface area (TPSA) is 54.0 Å². The van der Waals surface area contributed by atoms with Gasteiger partial charge < -0.3 is 10.6 Å². The van der Waals surface area contributed by atoms with Crippen LogP contribution in [0.15, 0.2) is 54.6 Å². The average Bonchev–Trinajstić information content (AvgIpc) is 2.96. The van der Waals surface area contributed by atoms with Crippen molar-refractivity contribution in [3.63, 3.8) is 0 Å². The summed E-state index contributed by atoms with van der Waals surface area (Å²) in [5.41, 5.74) is 3.68. The highest BCUT2D eigenvalue weighted by atomic mass is 32.1. The Morgan fingerprint density at radius 3 is 2.48 bits per heavy atom. The van der Waals surface area contributed by atoms with E-state index < -0.39 is 0 Å². The lowest BCUT2D eigenvalue weighted by molar-refractivity contribution is 0.103. The van der Waals surface area contributed by atoms with E-state index >= 15 is 0 Å². The maximum Gasteiger partial charge on any atom is 0.267 e. The number of nitrogens with zero attached hydrogens (tertiary/aromatic N) is 1. The number of aryl methyl sites for hydroxylation is 1. The quantitative estimate of drug-likeness (QED) is 0.632. The standard InChI is InChI=1S/C20H21N3OS/c1-13(2)15-8-7-11-17(12-15)22-19(24)18-14(3)21-20(25-18)23-16-9-5-4-6-10-16/h4-13H,1-3H3,(H,21,23)(H,22,24). The third-order valence-electron chi connectivity index (χ3n) is 3.84. The van der Waals surface area contributed by atoms with Gasteiger partial charge in [0.1, 0.15) is 4.88 Å². The molecular formula is C20H21N3OS. The fourth-order valence-corrected chi connectivity index (χ4v) is 3.35. The van der Waals surface area contributed by atoms with Crippen LogP contribution < -0.4 is 10.6 Å². The smallest absolute Gasteiger partial charge is 0.267 e. The SMILES string of the molecule is Cc1nc(Nc2ccccc2)sc1C(=O)Nc1cccc(C(C)C)c1. The van der Waals surface area contributed by atoms with Crippen molar-refractivity contribution >= 4 is 33.8 Å². The summed E-state index contributed by atoms with van der Waals surface area (Å²) in [4.78, 5) is 17.7. The molecule has 1 aromatic heterocycles. The van der Waals surface area contributed by atoms with Crippen LogP contribution in [-0.4, -0.2) is 10.9 Å². The molecule has 0 aliphatic heterocycles. The first-order chi connectivity index (χ1) is 12.0. The number of hydrogen-bond donors (Lipinski definition) is 2. The normalized spacial score (nSPS) is 10.7. The molecule has 3 aromatic rings. The van der Waals surface area contributed by atoms with Crippen LogP contribution in [0.5, 0.6) is 0 Å². The molecule has 0 aliphatic rings. The van der Waals surface area contributed by atoms with Gasteiger partial charge in [-0.3, -0.25) is 4.79 Å². The predicted molar refractivity (Wildman–Crippen MR) is 105 cm³/mol. The Bertz CT molecular complexity index is 872. The number of rotatable bonds is 5. The van der Waals surface area contributed by atoms with Crippen molar-refractivity contribution in [3.05, 3.63) is 70.7 Å². The Hall–Kier alpha value is -2.66. The van der Waals surface area contributed by atoms with Crippen molar-refractivity contribution in [2.45, 2.75) is 26.7 Å². The van der Waals surface area contributed by atoms with Crippen molar-refractivity contribution in [3.8, 4) is 0 Å². The lowest BCUT2D eigenvalue weighted by atomic mass is 10.0. The summed E-state index contributed by atoms with van der Waals surface area (Å²) < 4.78 is 0. The van der Waals surface area contributed by atoms with Gasteiger partial charge in [-0.15, -0.1) is 0 Å². The molecule has 0 unspecified atom stereocenters. The van der Waals surface area contributed by atoms with E-state index in [1.807, 2.05) is 55.5 Å². The highest BCUT2D eigenvalue weighted by molar-refractivity contribution is 7.17. The van der Waals surface area contributed by atoms with Crippen LogP contribution in [0.3, 0.4) is 0 Å². The molecule has 5 heteroatoms. The van der Waals surface area contributed by atoms with Crippen LogP contribution in [-0.2, 0) is 0 Å². The van der Waals surface area contributed by atoms with Gasteiger partial charge >= 0.3 is 0 Å². The van der Waals surface area contributed by atoms with E-state index in [-0.39, 0.29) is 5.91 Å². The van der Waals surface area contributed by atoms with Gasteiger partial charge in [0.25, 0.3) is 5.91 Å². The van der Waals surface area contributed by atoms with E-state index in [0.717, 1.165) is 17.1 Å². The van der Waals surface area contributed by atoms with E-state index in [2.05, 4.69) is 35.5 Å². The first-order valence-corrected chi connectivity index (χ1v) is 9.05. The summed E-state index contributed by atoms with van der Waals surface area (Å²) in [5, 5.41) is 6.92. The molecule has 4 nitrogen and oxygen atoms in total. The van der Waals surface area contributed by atoms with Gasteiger partial charge in [0.15, 0.2) is 5.13 Å². The summed E-state index contributed by atoms with van der Waals surface area (Å²) in [5.74, 6) is 0.292. The minimum Gasteiger partial charge on any atom is -0.332 e. The molecule has 25 heavy (non-hydrogen) atoms. The largest absolute Gasteiger partial charge is 0.332 e. The van der Waals surface area contributed by atoms with Crippen molar-refractivity contribution in [2.24, 2.45) is 0 Å². The number of hydrogen-bond acceptors (Lipinski definition) is 4. The number of benzene rings is 2. The van der Waals surface area contributed by atoms with Gasteiger partial charge in [-0.05, 0) is 42.7 Å². The highest BCUT2D eigenvalue weighted by Gasteiger charge is 2.16. The molecule has 2 N–H and O–H groups in total. The number of aromatic nitrogens is 1. The van der Waals surface area contributed by atoms with Crippen molar-refractivity contribution in [1.29, 1.82) is 0 Å². The minimum atomic E-state index is -0.128. The second-order valence-electron chi connectivity index (χ2n) is 6.16. The lowest BCUT2D eigenvalue weighted by Crippen LogP contribution is -2.11. The molecule has 3 rings (SSSR count). The third kappa shape index (κ3) is 4.25. The maximum atomic E-state index is 12.6. The highest BCUT2D eigenvalue weighted by Crippen LogP contribution is 2.27. The van der Waals surface area contributed by atoms with Crippen LogP contribution in [0.2, 0.25) is 0 Å². The molecule has 0 spiro atoms. The molecule has 2 aromatic carbocycles. The Kier molecular flexibility index (Phi) is 5.14. The summed E-state index contributed by atoms with van der Waals surface area (Å²) in [6.07, 6.45) is 0. The van der Waals surface area contributed by atoms with Crippen molar-refractivity contribution < 1.29 is 4.79 Å². The maximum absolute atomic E-state index is 12.6. The Morgan fingerprint density at radius 2 is 1.76 bits per heavy atom. The number of nitrogens with one attached hydrogen (secondary N) is 2. The summed E-state index contributed by atoms with van der Waals surface area (Å²) in [6.45, 7) is 6.12. The van der Waals surface area contributed by atoms with Crippen molar-refractivity contribution in [1.82, 2.24) is 4.98 Å². The molecule has 0 bridgehead atoms. The number of amides is 1. The number of para-hydroxylation sites is 1. The van der Waals surface area contributed by atoms with Crippen LogP contribution in [0.25, 0.3) is 0 Å². The van der Waals surface area contributed by atoms with Gasteiger partial charge in [0.2, 0.25) is 0 Å². The monoisotopic (exact) mass is 351 g/mol. The fraction of sp³-hybridized carbons (Fsp3) is 0.200. The zero-order chi connectivity index (χ0) is 17.8. The second kappa shape index (κ2) is 7.49. The average molecular weight is 351 g/mol. The molecule has 0 saturated carbocycles. The van der Waals surface area contributed by atoms with Gasteiger partial charge in [0.05, 0.1) is 5.69 Å². The molecule has 0 aliphatic carbocycles. The zero-order valence-corrected chi connectivity index (χ0v) is 15.4. The number of thiazole rings is 1. The Labute approximate surface area is 151 Å². The van der Waals surface area contributed by atoms with Crippen LogP contribution >= 0.6 is 11.3 Å². The molecular weight excluding hydrogens is 330 g/mol. The van der Waals surface area contributed by atoms with Gasteiger partial charge in [-0.2, -0.15) is 0 Å². The van der Waals surface area contributed by atoms with Gasteiger partial charge in [-0.25, -0.2) is 4.98 Å². The first-order valence-electron chi connectivity index (χ1n) is 8.24. The van der Waals surface area contributed by atoms with Crippen LogP contribution in [0.1, 0.15) is 40.7 Å². The molecule has 0 saturated heterocycles. The van der Waals surface area contributed by atoms with E-state index in [1.165, 1.54) is 16.9 Å². The second-order valence-corrected chi connectivity index (χ2v) is 7.16. The molecule has 0 fully saturated rings. The number of carbonyl (C=O) groups is 1. The van der Waals surface area contributed by atoms with Gasteiger partial charge in [-0.1, -0.05) is 55.5 Å². The molecule has 0 atom stereocenters. The summed E-state index contributed by atoms with van der Waals surface area (Å²) >= 11 is 1.36. The summed E-state index contributed by atoms with van der Waals surface area (Å²) in [6, 6.07) is 17.8. The number of carbonyl (C=O) groups excluding carboxylic acids is 1. The number of anilines is 3. The van der Waals surface area contributed by atoms with E-state index in [4.69, 9.17) is 0 Å². The van der Waals surface area contributed by atoms with Crippen LogP contribution in [0, 0.1) is 6.92 Å². The van der Waals surface area contributed by atoms with Crippen molar-refractivity contribution in [2.75, 3.05) is 10.6 Å². The first kappa shape index (κ1) is 17.2. The van der Waals surface area contributed by atoms with Crippen LogP contribution in [0.4, 0.5) is 16.5 Å². The summed E-state index contributed by atoms with van der Waals surface area (Å²) in [7, 11) is 0. The van der Waals surface area contributed by atoms with E-state index in [0.29, 0.717) is 15.9 Å². The predicted octanol–water partition coefficient (Wildman–Crippen LogP) is 5.57. The molecule has 1 amide bonds. The minimum absolute atomic E-state index is 0.128. The van der Waals surface area contributed by atoms with E-state index in [1.54, 1.807) is 0 Å². The molecule has 0 radical (unpaired) electrons. The van der Waals surface area contributed by atoms with Gasteiger partial charge in [0, 0.05) is 11.4 Å². The zero-order valence-electron chi connectivity index (χ0n) is 14.5. The fourth-order valence-electron chi connectivity index (χ4n) is 2.47. The molecule has 1 heterocycles. The Balaban J connectivity index is 1.75. The third-order valence-corrected chi connectivity index (χ3v) is 4.91. The Morgan fingerprint density at radius 1 is 1.04 bits per heavy atom. The van der Waals surface area contributed by atoms with E-state index in [9.17, 15) is 4.79 Å². The molecule has 128 valence electrons.